The summed E-state index contributed by atoms with van der Waals surface area (Å²) < 4.78 is 13.3. The van der Waals surface area contributed by atoms with Gasteiger partial charge in [0.05, 0.1) is 5.41 Å². The van der Waals surface area contributed by atoms with Gasteiger partial charge < -0.3 is 10.0 Å². The second kappa shape index (κ2) is 6.30. The van der Waals surface area contributed by atoms with E-state index in [-0.39, 0.29) is 24.2 Å². The number of carboxylic acids is 1. The lowest BCUT2D eigenvalue weighted by Gasteiger charge is -2.38. The standard InChI is InChI=1S/C18H22FNO3/c19-14-5-1-4-13(10-14)11-15-6-2-9-20(15)16(21)12-18(17(22)23)7-3-8-18/h1,4-5,10,15H,2-3,6-9,11-12H2,(H,22,23). The molecule has 1 atom stereocenters. The maximum absolute atomic E-state index is 13.3. The second-order valence-electron chi connectivity index (χ2n) is 6.83. The Labute approximate surface area is 135 Å². The van der Waals surface area contributed by atoms with Gasteiger partial charge in [0.25, 0.3) is 0 Å². The van der Waals surface area contributed by atoms with Crippen LogP contribution >= 0.6 is 0 Å². The molecule has 23 heavy (non-hydrogen) atoms. The van der Waals surface area contributed by atoms with Crippen LogP contribution in [0.4, 0.5) is 4.39 Å². The van der Waals surface area contributed by atoms with Crippen molar-refractivity contribution >= 4 is 11.9 Å². The Bertz CT molecular complexity index is 612. The van der Waals surface area contributed by atoms with Crippen molar-refractivity contribution in [2.45, 2.75) is 51.0 Å². The molecular formula is C18H22FNO3. The van der Waals surface area contributed by atoms with Crippen LogP contribution in [-0.2, 0) is 16.0 Å². The van der Waals surface area contributed by atoms with Gasteiger partial charge in [-0.25, -0.2) is 4.39 Å². The maximum Gasteiger partial charge on any atom is 0.310 e. The molecule has 1 aliphatic carbocycles. The lowest BCUT2D eigenvalue weighted by atomic mass is 9.66. The minimum atomic E-state index is -0.849. The molecule has 1 saturated carbocycles. The fourth-order valence-electron chi connectivity index (χ4n) is 3.77. The zero-order valence-corrected chi connectivity index (χ0v) is 13.1. The highest BCUT2D eigenvalue weighted by atomic mass is 19.1. The van der Waals surface area contributed by atoms with Crippen molar-refractivity contribution in [2.75, 3.05) is 6.54 Å². The first kappa shape index (κ1) is 16.0. The Morgan fingerprint density at radius 1 is 1.30 bits per heavy atom. The van der Waals surface area contributed by atoms with E-state index in [1.165, 1.54) is 12.1 Å². The summed E-state index contributed by atoms with van der Waals surface area (Å²) in [6.45, 7) is 0.675. The Hall–Kier alpha value is -1.91. The zero-order valence-electron chi connectivity index (χ0n) is 13.1. The highest BCUT2D eigenvalue weighted by Crippen LogP contribution is 2.45. The lowest BCUT2D eigenvalue weighted by Crippen LogP contribution is -2.45. The summed E-state index contributed by atoms with van der Waals surface area (Å²) in [5, 5.41) is 9.39. The topological polar surface area (TPSA) is 57.6 Å². The van der Waals surface area contributed by atoms with Gasteiger partial charge in [-0.2, -0.15) is 0 Å². The maximum atomic E-state index is 13.3. The van der Waals surface area contributed by atoms with Gasteiger partial charge in [0.15, 0.2) is 0 Å². The third-order valence-electron chi connectivity index (χ3n) is 5.31. The van der Waals surface area contributed by atoms with Crippen molar-refractivity contribution < 1.29 is 19.1 Å². The molecule has 1 aromatic rings. The van der Waals surface area contributed by atoms with E-state index in [2.05, 4.69) is 0 Å². The number of amides is 1. The van der Waals surface area contributed by atoms with Gasteiger partial charge in [-0.15, -0.1) is 0 Å². The first-order valence-electron chi connectivity index (χ1n) is 8.27. The van der Waals surface area contributed by atoms with E-state index in [0.717, 1.165) is 24.8 Å². The van der Waals surface area contributed by atoms with Crippen LogP contribution in [0, 0.1) is 11.2 Å². The van der Waals surface area contributed by atoms with Gasteiger partial charge in [-0.1, -0.05) is 18.6 Å². The van der Waals surface area contributed by atoms with Crippen molar-refractivity contribution in [1.29, 1.82) is 0 Å². The number of benzene rings is 1. The normalized spacial score (nSPS) is 22.7. The average molecular weight is 319 g/mol. The summed E-state index contributed by atoms with van der Waals surface area (Å²) in [6.07, 6.45) is 4.61. The summed E-state index contributed by atoms with van der Waals surface area (Å²) >= 11 is 0. The Morgan fingerprint density at radius 2 is 2.09 bits per heavy atom. The zero-order chi connectivity index (χ0) is 16.4. The number of carbonyl (C=O) groups excluding carboxylic acids is 1. The van der Waals surface area contributed by atoms with E-state index in [4.69, 9.17) is 0 Å². The van der Waals surface area contributed by atoms with Crippen molar-refractivity contribution in [3.8, 4) is 0 Å². The van der Waals surface area contributed by atoms with Crippen LogP contribution in [0.15, 0.2) is 24.3 Å². The second-order valence-corrected chi connectivity index (χ2v) is 6.83. The monoisotopic (exact) mass is 319 g/mol. The van der Waals surface area contributed by atoms with Gasteiger partial charge in [-0.05, 0) is 49.8 Å². The molecule has 0 spiro atoms. The van der Waals surface area contributed by atoms with Crippen LogP contribution in [0.1, 0.15) is 44.1 Å². The number of hydrogen-bond acceptors (Lipinski definition) is 2. The van der Waals surface area contributed by atoms with Crippen LogP contribution < -0.4 is 0 Å². The van der Waals surface area contributed by atoms with E-state index in [1.807, 2.05) is 11.0 Å². The van der Waals surface area contributed by atoms with Crippen LogP contribution in [0.25, 0.3) is 0 Å². The highest BCUT2D eigenvalue weighted by molar-refractivity contribution is 5.86. The smallest absolute Gasteiger partial charge is 0.310 e. The molecule has 1 saturated heterocycles. The Balaban J connectivity index is 1.66. The molecule has 1 aliphatic heterocycles. The third kappa shape index (κ3) is 3.23. The predicted octanol–water partition coefficient (Wildman–Crippen LogP) is 3.00. The molecule has 2 fully saturated rings. The van der Waals surface area contributed by atoms with Crippen molar-refractivity contribution in [3.05, 3.63) is 35.6 Å². The average Bonchev–Trinajstić information content (AvgIpc) is 2.90. The minimum absolute atomic E-state index is 0.0511. The van der Waals surface area contributed by atoms with E-state index in [0.29, 0.717) is 25.8 Å². The number of halogens is 1. The third-order valence-corrected chi connectivity index (χ3v) is 5.31. The van der Waals surface area contributed by atoms with E-state index in [1.54, 1.807) is 6.07 Å². The molecule has 3 rings (SSSR count). The number of hydrogen-bond donors (Lipinski definition) is 1. The Morgan fingerprint density at radius 3 is 2.70 bits per heavy atom. The molecule has 1 aromatic carbocycles. The molecule has 1 unspecified atom stereocenters. The van der Waals surface area contributed by atoms with Crippen LogP contribution in [0.3, 0.4) is 0 Å². The number of carbonyl (C=O) groups is 2. The summed E-state index contributed by atoms with van der Waals surface area (Å²) in [6, 6.07) is 6.52. The fourth-order valence-corrected chi connectivity index (χ4v) is 3.77. The van der Waals surface area contributed by atoms with Gasteiger partial charge in [0.1, 0.15) is 5.82 Å². The summed E-state index contributed by atoms with van der Waals surface area (Å²) in [5.74, 6) is -1.18. The molecule has 124 valence electrons. The molecular weight excluding hydrogens is 297 g/mol. The molecule has 2 aliphatic rings. The van der Waals surface area contributed by atoms with Gasteiger partial charge in [-0.3, -0.25) is 9.59 Å². The van der Waals surface area contributed by atoms with Crippen molar-refractivity contribution in [2.24, 2.45) is 5.41 Å². The van der Waals surface area contributed by atoms with Crippen molar-refractivity contribution in [3.63, 3.8) is 0 Å². The van der Waals surface area contributed by atoms with Gasteiger partial charge in [0.2, 0.25) is 5.91 Å². The van der Waals surface area contributed by atoms with Gasteiger partial charge >= 0.3 is 5.97 Å². The number of carboxylic acid groups (broad SMARTS) is 1. The molecule has 1 N–H and O–H groups in total. The summed E-state index contributed by atoms with van der Waals surface area (Å²) in [5.41, 5.74) is 0.0367. The minimum Gasteiger partial charge on any atom is -0.481 e. The number of aliphatic carboxylic acids is 1. The summed E-state index contributed by atoms with van der Waals surface area (Å²) in [7, 11) is 0. The first-order chi connectivity index (χ1) is 11.0. The predicted molar refractivity (Wildman–Crippen MR) is 83.4 cm³/mol. The van der Waals surface area contributed by atoms with Crippen LogP contribution in [-0.4, -0.2) is 34.5 Å². The van der Waals surface area contributed by atoms with Crippen LogP contribution in [0.5, 0.6) is 0 Å². The Kier molecular flexibility index (Phi) is 4.37. The molecule has 1 amide bonds. The first-order valence-corrected chi connectivity index (χ1v) is 8.27. The molecule has 0 bridgehead atoms. The van der Waals surface area contributed by atoms with E-state index in [9.17, 15) is 19.1 Å². The molecule has 1 heterocycles. The summed E-state index contributed by atoms with van der Waals surface area (Å²) in [4.78, 5) is 25.9. The number of rotatable bonds is 5. The largest absolute Gasteiger partial charge is 0.481 e. The van der Waals surface area contributed by atoms with E-state index >= 15 is 0 Å². The number of nitrogens with zero attached hydrogens (tertiary/aromatic N) is 1. The molecule has 0 aromatic heterocycles. The van der Waals surface area contributed by atoms with Crippen molar-refractivity contribution in [1.82, 2.24) is 4.90 Å². The quantitative estimate of drug-likeness (QED) is 0.907. The molecule has 5 heteroatoms. The van der Waals surface area contributed by atoms with E-state index < -0.39 is 11.4 Å². The molecule has 0 radical (unpaired) electrons. The fraction of sp³-hybridized carbons (Fsp3) is 0.556. The molecule has 4 nitrogen and oxygen atoms in total. The van der Waals surface area contributed by atoms with Crippen LogP contribution in [0.2, 0.25) is 0 Å². The highest BCUT2D eigenvalue weighted by Gasteiger charge is 2.47. The van der Waals surface area contributed by atoms with Gasteiger partial charge in [0, 0.05) is 19.0 Å². The number of likely N-dealkylation sites (tertiary alicyclic amines) is 1. The lowest BCUT2D eigenvalue weighted by molar-refractivity contribution is -0.159. The SMILES string of the molecule is O=C(CC1(C(=O)O)CCC1)N1CCCC1Cc1cccc(F)c1.